The lowest BCUT2D eigenvalue weighted by molar-refractivity contribution is 0.347. The van der Waals surface area contributed by atoms with Gasteiger partial charge in [0, 0.05) is 16.5 Å². The van der Waals surface area contributed by atoms with Crippen LogP contribution in [0, 0.1) is 6.92 Å². The van der Waals surface area contributed by atoms with E-state index in [4.69, 9.17) is 19.9 Å². The van der Waals surface area contributed by atoms with Crippen LogP contribution in [0.15, 0.2) is 23.6 Å². The number of thiophene rings is 1. The highest BCUT2D eigenvalue weighted by molar-refractivity contribution is 7.10. The van der Waals surface area contributed by atoms with Crippen LogP contribution >= 0.6 is 11.3 Å². The summed E-state index contributed by atoms with van der Waals surface area (Å²) in [4.78, 5) is 1.12. The standard InChI is InChI=1S/C15H19NO3S/c1-9-5-6-20-15(9)14(16)10-7-12(18-3)13(19-4)8-11(10)17-2/h5-8,14H,16H2,1-4H3. The molecule has 0 spiro atoms. The molecule has 0 saturated heterocycles. The summed E-state index contributed by atoms with van der Waals surface area (Å²) < 4.78 is 16.1. The molecular weight excluding hydrogens is 274 g/mol. The molecule has 1 atom stereocenters. The Morgan fingerprint density at radius 1 is 1.00 bits per heavy atom. The van der Waals surface area contributed by atoms with Crippen LogP contribution in [0.5, 0.6) is 17.2 Å². The van der Waals surface area contributed by atoms with Crippen LogP contribution in [0.1, 0.15) is 22.0 Å². The Balaban J connectivity index is 2.52. The number of hydrogen-bond acceptors (Lipinski definition) is 5. The molecular formula is C15H19NO3S. The molecule has 5 heteroatoms. The van der Waals surface area contributed by atoms with Gasteiger partial charge in [0.25, 0.3) is 0 Å². The molecule has 0 saturated carbocycles. The van der Waals surface area contributed by atoms with E-state index in [1.165, 1.54) is 5.56 Å². The molecule has 0 amide bonds. The Kier molecular flexibility index (Phi) is 4.52. The first-order chi connectivity index (χ1) is 9.62. The second kappa shape index (κ2) is 6.15. The predicted octanol–water partition coefficient (Wildman–Crippen LogP) is 3.13. The van der Waals surface area contributed by atoms with Crippen LogP contribution in [0.4, 0.5) is 0 Å². The summed E-state index contributed by atoms with van der Waals surface area (Å²) in [6.07, 6.45) is 0. The SMILES string of the molecule is COc1cc(OC)c(C(N)c2sccc2C)cc1OC. The molecule has 108 valence electrons. The smallest absolute Gasteiger partial charge is 0.164 e. The van der Waals surface area contributed by atoms with Gasteiger partial charge < -0.3 is 19.9 Å². The Morgan fingerprint density at radius 3 is 2.10 bits per heavy atom. The zero-order valence-electron chi connectivity index (χ0n) is 12.1. The van der Waals surface area contributed by atoms with Crippen molar-refractivity contribution in [3.05, 3.63) is 39.6 Å². The fourth-order valence-corrected chi connectivity index (χ4v) is 3.09. The monoisotopic (exact) mass is 293 g/mol. The van der Waals surface area contributed by atoms with Gasteiger partial charge in [-0.3, -0.25) is 0 Å². The van der Waals surface area contributed by atoms with Crippen molar-refractivity contribution in [2.24, 2.45) is 5.73 Å². The molecule has 2 aromatic rings. The summed E-state index contributed by atoms with van der Waals surface area (Å²) in [5.41, 5.74) is 8.45. The van der Waals surface area contributed by atoms with Crippen LogP contribution < -0.4 is 19.9 Å². The minimum absolute atomic E-state index is 0.246. The van der Waals surface area contributed by atoms with Gasteiger partial charge in [-0.15, -0.1) is 11.3 Å². The van der Waals surface area contributed by atoms with E-state index in [1.807, 2.05) is 11.4 Å². The summed E-state index contributed by atoms with van der Waals surface area (Å²) in [7, 11) is 4.83. The molecule has 1 heterocycles. The molecule has 0 aliphatic rings. The van der Waals surface area contributed by atoms with E-state index in [0.717, 1.165) is 10.4 Å². The lowest BCUT2D eigenvalue weighted by Crippen LogP contribution is -2.13. The number of aryl methyl sites for hydroxylation is 1. The third-order valence-electron chi connectivity index (χ3n) is 3.26. The summed E-state index contributed by atoms with van der Waals surface area (Å²) in [5.74, 6) is 1.97. The first-order valence-corrected chi connectivity index (χ1v) is 7.09. The molecule has 0 aliphatic carbocycles. The van der Waals surface area contributed by atoms with Gasteiger partial charge in [-0.25, -0.2) is 0 Å². The fourth-order valence-electron chi connectivity index (χ4n) is 2.14. The Hall–Kier alpha value is -1.72. The quantitative estimate of drug-likeness (QED) is 0.920. The number of hydrogen-bond donors (Lipinski definition) is 1. The number of nitrogens with two attached hydrogens (primary N) is 1. The summed E-state index contributed by atoms with van der Waals surface area (Å²) in [6.45, 7) is 2.05. The highest BCUT2D eigenvalue weighted by Crippen LogP contribution is 2.40. The molecule has 2 rings (SSSR count). The average molecular weight is 293 g/mol. The van der Waals surface area contributed by atoms with Crippen molar-refractivity contribution in [2.75, 3.05) is 21.3 Å². The first-order valence-electron chi connectivity index (χ1n) is 6.21. The average Bonchev–Trinajstić information content (AvgIpc) is 2.91. The van der Waals surface area contributed by atoms with Gasteiger partial charge in [0.15, 0.2) is 11.5 Å². The molecule has 0 bridgehead atoms. The number of ether oxygens (including phenoxy) is 3. The van der Waals surface area contributed by atoms with Gasteiger partial charge in [0.05, 0.1) is 27.4 Å². The van der Waals surface area contributed by atoms with E-state index >= 15 is 0 Å². The summed E-state index contributed by atoms with van der Waals surface area (Å²) in [5, 5.41) is 2.04. The lowest BCUT2D eigenvalue weighted by Gasteiger charge is -2.18. The fraction of sp³-hybridized carbons (Fsp3) is 0.333. The Bertz CT molecular complexity index is 595. The highest BCUT2D eigenvalue weighted by Gasteiger charge is 2.20. The van der Waals surface area contributed by atoms with Gasteiger partial charge in [-0.05, 0) is 30.0 Å². The van der Waals surface area contributed by atoms with Crippen LogP contribution in [-0.2, 0) is 0 Å². The largest absolute Gasteiger partial charge is 0.496 e. The third-order valence-corrected chi connectivity index (χ3v) is 4.36. The molecule has 0 fully saturated rings. The second-order valence-corrected chi connectivity index (χ2v) is 5.34. The van der Waals surface area contributed by atoms with Crippen molar-refractivity contribution in [2.45, 2.75) is 13.0 Å². The van der Waals surface area contributed by atoms with E-state index in [2.05, 4.69) is 13.0 Å². The predicted molar refractivity (Wildman–Crippen MR) is 81.2 cm³/mol. The lowest BCUT2D eigenvalue weighted by atomic mass is 10.0. The van der Waals surface area contributed by atoms with Crippen LogP contribution in [0.2, 0.25) is 0 Å². The number of rotatable bonds is 5. The molecule has 1 aromatic carbocycles. The van der Waals surface area contributed by atoms with E-state index in [1.54, 1.807) is 38.7 Å². The molecule has 1 unspecified atom stereocenters. The molecule has 20 heavy (non-hydrogen) atoms. The zero-order valence-corrected chi connectivity index (χ0v) is 12.9. The van der Waals surface area contributed by atoms with Crippen molar-refractivity contribution in [3.63, 3.8) is 0 Å². The van der Waals surface area contributed by atoms with Crippen molar-refractivity contribution in [1.82, 2.24) is 0 Å². The normalized spacial score (nSPS) is 12.1. The van der Waals surface area contributed by atoms with Gasteiger partial charge in [-0.1, -0.05) is 0 Å². The van der Waals surface area contributed by atoms with Crippen molar-refractivity contribution in [3.8, 4) is 17.2 Å². The van der Waals surface area contributed by atoms with E-state index in [9.17, 15) is 0 Å². The van der Waals surface area contributed by atoms with Gasteiger partial charge in [0.1, 0.15) is 5.75 Å². The topological polar surface area (TPSA) is 53.7 Å². The Morgan fingerprint density at radius 2 is 1.60 bits per heavy atom. The van der Waals surface area contributed by atoms with Crippen LogP contribution in [-0.4, -0.2) is 21.3 Å². The van der Waals surface area contributed by atoms with Crippen molar-refractivity contribution < 1.29 is 14.2 Å². The summed E-state index contributed by atoms with van der Waals surface area (Å²) >= 11 is 1.64. The minimum atomic E-state index is -0.246. The van der Waals surface area contributed by atoms with Crippen LogP contribution in [0.3, 0.4) is 0 Å². The zero-order chi connectivity index (χ0) is 14.7. The van der Waals surface area contributed by atoms with Crippen molar-refractivity contribution >= 4 is 11.3 Å². The molecule has 4 nitrogen and oxygen atoms in total. The Labute approximate surface area is 123 Å². The van der Waals surface area contributed by atoms with Gasteiger partial charge in [-0.2, -0.15) is 0 Å². The third kappa shape index (κ3) is 2.59. The van der Waals surface area contributed by atoms with E-state index < -0.39 is 0 Å². The first kappa shape index (κ1) is 14.7. The minimum Gasteiger partial charge on any atom is -0.496 e. The van der Waals surface area contributed by atoms with Gasteiger partial charge in [0.2, 0.25) is 0 Å². The maximum absolute atomic E-state index is 6.39. The van der Waals surface area contributed by atoms with Crippen molar-refractivity contribution in [1.29, 1.82) is 0 Å². The molecule has 0 radical (unpaired) electrons. The number of methoxy groups -OCH3 is 3. The van der Waals surface area contributed by atoms with E-state index in [0.29, 0.717) is 17.2 Å². The van der Waals surface area contributed by atoms with E-state index in [-0.39, 0.29) is 6.04 Å². The highest BCUT2D eigenvalue weighted by atomic mass is 32.1. The molecule has 0 aliphatic heterocycles. The van der Waals surface area contributed by atoms with Crippen LogP contribution in [0.25, 0.3) is 0 Å². The summed E-state index contributed by atoms with van der Waals surface area (Å²) in [6, 6.07) is 5.50. The molecule has 2 N–H and O–H groups in total. The second-order valence-electron chi connectivity index (χ2n) is 4.39. The maximum atomic E-state index is 6.39. The van der Waals surface area contributed by atoms with Gasteiger partial charge >= 0.3 is 0 Å². The maximum Gasteiger partial charge on any atom is 0.164 e. The molecule has 1 aromatic heterocycles. The number of benzene rings is 1.